The summed E-state index contributed by atoms with van der Waals surface area (Å²) < 4.78 is 61.1. The van der Waals surface area contributed by atoms with Gasteiger partial charge in [0.1, 0.15) is 60.9 Å². The van der Waals surface area contributed by atoms with Crippen LogP contribution in [0.2, 0.25) is 0 Å². The minimum absolute atomic E-state index is 0. The van der Waals surface area contributed by atoms with Crippen molar-refractivity contribution >= 4 is 43.5 Å². The number of amides is 2. The predicted molar refractivity (Wildman–Crippen MR) is 481 cm³/mol. The fourth-order valence-electron chi connectivity index (χ4n) is 16.7. The molecule has 0 bridgehead atoms. The van der Waals surface area contributed by atoms with Crippen LogP contribution in [-0.4, -0.2) is 154 Å². The van der Waals surface area contributed by atoms with Gasteiger partial charge in [-0.1, -0.05) is 388 Å². The highest BCUT2D eigenvalue weighted by molar-refractivity contribution is 7.44. The molecule has 0 radical (unpaired) electrons. The first-order valence-corrected chi connectivity index (χ1v) is 51.4. The number of carbonyl (C=O) groups excluding carboxylic acids is 6. The summed E-state index contributed by atoms with van der Waals surface area (Å²) in [6.45, 7) is 11.4. The summed E-state index contributed by atoms with van der Waals surface area (Å²) in [5.74, 6) is -3.90. The summed E-state index contributed by atoms with van der Waals surface area (Å²) in [4.78, 5) is 108. The van der Waals surface area contributed by atoms with Crippen LogP contribution in [0.15, 0.2) is 0 Å². The number of carbonyl (C=O) groups is 6. The maximum absolute atomic E-state index is 15.0. The van der Waals surface area contributed by atoms with Crippen molar-refractivity contribution in [3.63, 3.8) is 0 Å². The number of phosphoric ester groups is 1. The Kier molecular flexibility index (Phi) is 75.3. The summed E-state index contributed by atoms with van der Waals surface area (Å²) in [5, 5.41) is 51.8. The molecule has 121 heavy (non-hydrogen) atoms. The fraction of sp³-hybridized carbons (Fsp3) is 0.938. The number of quaternary nitrogens is 1. The molecule has 0 aromatic heterocycles. The van der Waals surface area contributed by atoms with Crippen molar-refractivity contribution in [1.29, 1.82) is 0 Å². The standard InChI is InChI=1S/C96H181N2O21P.H3N/c1-7-13-19-25-31-37-40-46-52-58-64-70-85(102)113-78(67-61-55-49-43-34-28-22-16-10-4)73-83(100)97-89-92(107)91(106)82(116-95(89)108)77-112-96-90(98-84(101)74-79(68-62-56-50-44-35-29-23-17-11-5)114-86(103)71-65-59-53-47-41-38-32-26-20-14-8-2)94(93(81(76-99)117-96)119-120(109,110)111)118-88(105)75-80(69-63-57-51-45-36-30-24-18-12-6)115-87(104)72-66-60-54-48-42-39-33-27-21-15-9-3;/h78-82,89-96,99,106-108H,7-77H2,1-6H3,(H,97,100)(H,98,101)(H2,109,110,111);1H3/t78-,79-,80-,81?,82?,89+,90+,91-,92?,93-,94?,95+,96-;/m1./s1. The Bertz CT molecular complexity index is 2520. The Balaban J connectivity index is 0.0000732. The molecule has 14 atom stereocenters. The van der Waals surface area contributed by atoms with E-state index in [1.54, 1.807) is 0 Å². The number of aliphatic hydroxyl groups is 4. The molecule has 2 saturated heterocycles. The third-order valence-corrected chi connectivity index (χ3v) is 24.6. The van der Waals surface area contributed by atoms with Gasteiger partial charge in [-0.3, -0.25) is 33.3 Å². The number of ether oxygens (including phenoxy) is 7. The molecule has 0 saturated carbocycles. The molecule has 25 heteroatoms. The van der Waals surface area contributed by atoms with Gasteiger partial charge >= 0.3 is 23.9 Å². The molecule has 11 N–H and O–H groups in total. The average Bonchev–Trinajstić information content (AvgIpc) is 0.778. The maximum Gasteiger partial charge on any atom is 0.310 e. The van der Waals surface area contributed by atoms with E-state index in [2.05, 4.69) is 52.2 Å². The lowest BCUT2D eigenvalue weighted by atomic mass is 9.95. The highest BCUT2D eigenvalue weighted by Crippen LogP contribution is 2.40. The number of phosphoric acid groups is 1. The quantitative estimate of drug-likeness (QED) is 0.0121. The lowest BCUT2D eigenvalue weighted by molar-refractivity contribution is -0.304. The van der Waals surface area contributed by atoms with E-state index >= 15 is 0 Å². The minimum atomic E-state index is -5.83. The van der Waals surface area contributed by atoms with Crippen molar-refractivity contribution in [3.05, 3.63) is 0 Å². The Morgan fingerprint density at radius 2 is 0.628 bits per heavy atom. The smallest absolute Gasteiger partial charge is 0.310 e. The molecule has 0 spiro atoms. The molecular formula is C96H184N3O21P. The van der Waals surface area contributed by atoms with Crippen LogP contribution in [0.4, 0.5) is 0 Å². The van der Waals surface area contributed by atoms with Crippen LogP contribution in [0.1, 0.15) is 485 Å². The van der Waals surface area contributed by atoms with Crippen LogP contribution < -0.4 is 21.7 Å². The van der Waals surface area contributed by atoms with Crippen molar-refractivity contribution in [2.45, 2.75) is 564 Å². The van der Waals surface area contributed by atoms with E-state index in [-0.39, 0.29) is 38.3 Å². The first kappa shape index (κ1) is 116. The zero-order valence-electron chi connectivity index (χ0n) is 77.9. The van der Waals surface area contributed by atoms with Crippen molar-refractivity contribution in [1.82, 2.24) is 16.8 Å². The first-order valence-electron chi connectivity index (χ1n) is 49.9. The fourth-order valence-corrected chi connectivity index (χ4v) is 17.2. The zero-order valence-corrected chi connectivity index (χ0v) is 78.8. The predicted octanol–water partition coefficient (Wildman–Crippen LogP) is 22.0. The van der Waals surface area contributed by atoms with Crippen LogP contribution >= 0.6 is 7.82 Å². The summed E-state index contributed by atoms with van der Waals surface area (Å²) >= 11 is 0. The molecule has 2 rings (SSSR count). The van der Waals surface area contributed by atoms with Gasteiger partial charge in [0.2, 0.25) is 11.8 Å². The Morgan fingerprint density at radius 1 is 0.355 bits per heavy atom. The highest BCUT2D eigenvalue weighted by atomic mass is 31.2. The van der Waals surface area contributed by atoms with Crippen LogP contribution in [0, 0.1) is 0 Å². The molecule has 2 fully saturated rings. The molecule has 2 aliphatic rings. The van der Waals surface area contributed by atoms with Gasteiger partial charge in [-0.05, 0) is 57.8 Å². The number of hydrogen-bond acceptors (Lipinski definition) is 20. The lowest BCUT2D eigenvalue weighted by Gasteiger charge is -2.47. The maximum atomic E-state index is 15.0. The second-order valence-electron chi connectivity index (χ2n) is 35.4. The molecular weight excluding hydrogens is 1560 g/mol. The van der Waals surface area contributed by atoms with E-state index in [0.29, 0.717) is 51.4 Å². The Labute approximate surface area is 735 Å². The van der Waals surface area contributed by atoms with Crippen molar-refractivity contribution in [2.75, 3.05) is 13.2 Å². The number of hydrogen-bond donors (Lipinski definition) is 8. The van der Waals surface area contributed by atoms with Crippen LogP contribution in [0.25, 0.3) is 0 Å². The molecule has 2 aliphatic heterocycles. The molecule has 714 valence electrons. The normalized spacial score (nSPS) is 20.4. The minimum Gasteiger partial charge on any atom is -0.756 e. The zero-order chi connectivity index (χ0) is 87.7. The van der Waals surface area contributed by atoms with E-state index in [9.17, 15) is 63.5 Å². The summed E-state index contributed by atoms with van der Waals surface area (Å²) in [6.07, 6.45) is 46.3. The molecule has 0 aromatic rings. The van der Waals surface area contributed by atoms with Gasteiger partial charge < -0.3 is 84.7 Å². The summed E-state index contributed by atoms with van der Waals surface area (Å²) in [5.41, 5.74) is 0. The monoisotopic (exact) mass is 1750 g/mol. The van der Waals surface area contributed by atoms with E-state index in [1.807, 2.05) is 0 Å². The summed E-state index contributed by atoms with van der Waals surface area (Å²) in [6, 6.07) is -3.41. The van der Waals surface area contributed by atoms with Crippen molar-refractivity contribution in [2.24, 2.45) is 0 Å². The number of esters is 4. The van der Waals surface area contributed by atoms with Gasteiger partial charge in [0.15, 0.2) is 18.7 Å². The van der Waals surface area contributed by atoms with Gasteiger partial charge in [-0.2, -0.15) is 0 Å². The first-order chi connectivity index (χ1) is 58.2. The van der Waals surface area contributed by atoms with Crippen LogP contribution in [0.3, 0.4) is 0 Å². The van der Waals surface area contributed by atoms with Gasteiger partial charge in [-0.25, -0.2) is 0 Å². The molecule has 0 aromatic carbocycles. The Morgan fingerprint density at radius 3 is 0.917 bits per heavy atom. The molecule has 5 unspecified atom stereocenters. The topological polar surface area (TPSA) is 378 Å². The summed E-state index contributed by atoms with van der Waals surface area (Å²) in [7, 11) is -5.83. The number of nitrogens with one attached hydrogen (secondary N) is 2. The van der Waals surface area contributed by atoms with Gasteiger partial charge in [0, 0.05) is 19.3 Å². The van der Waals surface area contributed by atoms with E-state index < -0.39 is 149 Å². The van der Waals surface area contributed by atoms with E-state index in [0.717, 1.165) is 173 Å². The molecule has 2 heterocycles. The molecule has 0 aliphatic carbocycles. The Hall–Kier alpha value is -3.39. The van der Waals surface area contributed by atoms with Gasteiger partial charge in [0.05, 0.1) is 32.5 Å². The van der Waals surface area contributed by atoms with Crippen molar-refractivity contribution < 1.29 is 101 Å². The highest BCUT2D eigenvalue weighted by Gasteiger charge is 2.53. The second kappa shape index (κ2) is 78.8. The van der Waals surface area contributed by atoms with Crippen LogP contribution in [0.5, 0.6) is 0 Å². The van der Waals surface area contributed by atoms with Crippen LogP contribution in [-0.2, 0) is 71.0 Å². The second-order valence-corrected chi connectivity index (χ2v) is 36.6. The molecule has 24 nitrogen and oxygen atoms in total. The lowest BCUT2D eigenvalue weighted by Crippen LogP contribution is -2.67. The number of aliphatic hydroxyl groups excluding tert-OH is 4. The third-order valence-electron chi connectivity index (χ3n) is 24.1. The van der Waals surface area contributed by atoms with E-state index in [4.69, 9.17) is 37.7 Å². The number of unbranched alkanes of at least 4 members (excludes halogenated alkanes) is 54. The number of rotatable bonds is 84. The van der Waals surface area contributed by atoms with Gasteiger partial charge in [0.25, 0.3) is 7.82 Å². The van der Waals surface area contributed by atoms with Gasteiger partial charge in [-0.15, -0.1) is 0 Å². The average molecular weight is 1750 g/mol. The largest absolute Gasteiger partial charge is 0.756 e. The SMILES string of the molecule is CCCCCCCCCCCCCC(=O)O[C@H](CCCCCCCCCCC)CC(=O)N[C@H]1C(OC(=O)C[C@@H](CCCCCCCCCCC)OC(=O)CCCCCCCCCCCCC)[C@H](OP(=O)([O-])O)C(CO)O[C@H]1OCC1O[C@H](O)[C@@H](NC(=O)C[C@@H](CCCCCCCCCCC)OC(=O)CCCCCCCCCCCCC)C(O)[C@@H]1O.[NH4+]. The van der Waals surface area contributed by atoms with E-state index in [1.165, 1.54) is 173 Å². The molecule has 2 amide bonds. The van der Waals surface area contributed by atoms with Crippen molar-refractivity contribution in [3.8, 4) is 0 Å². The third kappa shape index (κ3) is 62.5.